The smallest absolute Gasteiger partial charge is 0.173 e. The molecule has 1 aromatic carbocycles. The van der Waals surface area contributed by atoms with Gasteiger partial charge in [0.1, 0.15) is 5.75 Å². The maximum absolute atomic E-state index is 12.0. The van der Waals surface area contributed by atoms with E-state index in [9.17, 15) is 9.59 Å². The minimum absolute atomic E-state index is 0.0197. The highest BCUT2D eigenvalue weighted by atomic mass is 32.1. The zero-order valence-corrected chi connectivity index (χ0v) is 11.4. The summed E-state index contributed by atoms with van der Waals surface area (Å²) < 4.78 is 5.07. The maximum Gasteiger partial charge on any atom is 0.173 e. The van der Waals surface area contributed by atoms with Gasteiger partial charge in [0.2, 0.25) is 0 Å². The standard InChI is InChI=1S/C15H14O3S/c1-18-12-5-2-4-11(10-12)13(16)7-8-14(17)15-6-3-9-19-15/h2-6,9-10H,7-8H2,1H3. The second-order valence-electron chi connectivity index (χ2n) is 4.06. The molecular weight excluding hydrogens is 260 g/mol. The highest BCUT2D eigenvalue weighted by molar-refractivity contribution is 7.12. The van der Waals surface area contributed by atoms with E-state index in [0.717, 1.165) is 0 Å². The predicted molar refractivity (Wildman–Crippen MR) is 75.2 cm³/mol. The van der Waals surface area contributed by atoms with Gasteiger partial charge in [0, 0.05) is 18.4 Å². The molecule has 0 bridgehead atoms. The fourth-order valence-corrected chi connectivity index (χ4v) is 2.42. The molecule has 98 valence electrons. The number of carbonyl (C=O) groups is 2. The number of hydrogen-bond acceptors (Lipinski definition) is 4. The van der Waals surface area contributed by atoms with Crippen molar-refractivity contribution in [1.29, 1.82) is 0 Å². The lowest BCUT2D eigenvalue weighted by atomic mass is 10.0. The molecule has 1 aromatic heterocycles. The molecule has 1 heterocycles. The zero-order valence-electron chi connectivity index (χ0n) is 10.6. The summed E-state index contributed by atoms with van der Waals surface area (Å²) in [7, 11) is 1.56. The first-order valence-electron chi connectivity index (χ1n) is 5.94. The van der Waals surface area contributed by atoms with E-state index in [4.69, 9.17) is 4.74 Å². The van der Waals surface area contributed by atoms with Crippen molar-refractivity contribution < 1.29 is 14.3 Å². The molecule has 0 fully saturated rings. The van der Waals surface area contributed by atoms with Gasteiger partial charge >= 0.3 is 0 Å². The number of ether oxygens (including phenoxy) is 1. The Hall–Kier alpha value is -1.94. The summed E-state index contributed by atoms with van der Waals surface area (Å²) in [5.74, 6) is 0.630. The molecule has 3 nitrogen and oxygen atoms in total. The summed E-state index contributed by atoms with van der Waals surface area (Å²) in [5.41, 5.74) is 0.582. The minimum atomic E-state index is -0.0381. The Morgan fingerprint density at radius 1 is 1.11 bits per heavy atom. The highest BCUT2D eigenvalue weighted by Gasteiger charge is 2.12. The average Bonchev–Trinajstić information content (AvgIpc) is 2.98. The third-order valence-electron chi connectivity index (χ3n) is 2.77. The number of ketones is 2. The van der Waals surface area contributed by atoms with E-state index in [1.54, 1.807) is 37.4 Å². The molecule has 0 amide bonds. The van der Waals surface area contributed by atoms with Gasteiger partial charge < -0.3 is 4.74 Å². The second kappa shape index (κ2) is 6.29. The van der Waals surface area contributed by atoms with Crippen LogP contribution in [0.15, 0.2) is 41.8 Å². The van der Waals surface area contributed by atoms with Crippen molar-refractivity contribution in [2.45, 2.75) is 12.8 Å². The van der Waals surface area contributed by atoms with Gasteiger partial charge in [-0.25, -0.2) is 0 Å². The maximum atomic E-state index is 12.0. The molecule has 0 unspecified atom stereocenters. The number of carbonyl (C=O) groups excluding carboxylic acids is 2. The normalized spacial score (nSPS) is 10.2. The van der Waals surface area contributed by atoms with E-state index in [1.807, 2.05) is 11.4 Å². The Bertz CT molecular complexity index is 573. The third kappa shape index (κ3) is 3.51. The molecule has 0 saturated carbocycles. The van der Waals surface area contributed by atoms with E-state index in [1.165, 1.54) is 11.3 Å². The van der Waals surface area contributed by atoms with Crippen molar-refractivity contribution in [3.8, 4) is 5.75 Å². The van der Waals surface area contributed by atoms with Gasteiger partial charge in [0.05, 0.1) is 12.0 Å². The van der Waals surface area contributed by atoms with Crippen molar-refractivity contribution in [3.63, 3.8) is 0 Å². The Labute approximate surface area is 115 Å². The van der Waals surface area contributed by atoms with E-state index >= 15 is 0 Å². The fraction of sp³-hybridized carbons (Fsp3) is 0.200. The van der Waals surface area contributed by atoms with Gasteiger partial charge in [-0.05, 0) is 23.6 Å². The predicted octanol–water partition coefficient (Wildman–Crippen LogP) is 3.60. The lowest BCUT2D eigenvalue weighted by Crippen LogP contribution is -2.04. The van der Waals surface area contributed by atoms with Crippen molar-refractivity contribution in [3.05, 3.63) is 52.2 Å². The Morgan fingerprint density at radius 2 is 1.89 bits per heavy atom. The summed E-state index contributed by atoms with van der Waals surface area (Å²) in [6.07, 6.45) is 0.473. The van der Waals surface area contributed by atoms with Crippen molar-refractivity contribution >= 4 is 22.9 Å². The van der Waals surface area contributed by atoms with E-state index < -0.39 is 0 Å². The number of methoxy groups -OCH3 is 1. The van der Waals surface area contributed by atoms with Crippen LogP contribution in [0.1, 0.15) is 32.9 Å². The van der Waals surface area contributed by atoms with Crippen molar-refractivity contribution in [2.24, 2.45) is 0 Å². The summed E-state index contributed by atoms with van der Waals surface area (Å²) >= 11 is 1.40. The lowest BCUT2D eigenvalue weighted by Gasteiger charge is -2.03. The molecule has 0 N–H and O–H groups in total. The molecule has 4 heteroatoms. The summed E-state index contributed by atoms with van der Waals surface area (Å²) in [6, 6.07) is 10.6. The van der Waals surface area contributed by atoms with Gasteiger partial charge in [-0.1, -0.05) is 18.2 Å². The first-order chi connectivity index (χ1) is 9.20. The van der Waals surface area contributed by atoms with Gasteiger partial charge in [0.15, 0.2) is 11.6 Å². The first-order valence-corrected chi connectivity index (χ1v) is 6.82. The Morgan fingerprint density at radius 3 is 2.58 bits per heavy atom. The van der Waals surface area contributed by atoms with Crippen LogP contribution in [-0.2, 0) is 0 Å². The minimum Gasteiger partial charge on any atom is -0.497 e. The molecule has 2 aromatic rings. The number of Topliss-reactive ketones (excluding diaryl/α,β-unsaturated/α-hetero) is 2. The van der Waals surface area contributed by atoms with Crippen LogP contribution in [0.2, 0.25) is 0 Å². The quantitative estimate of drug-likeness (QED) is 0.756. The molecule has 0 radical (unpaired) electrons. The topological polar surface area (TPSA) is 43.4 Å². The third-order valence-corrected chi connectivity index (χ3v) is 3.68. The van der Waals surface area contributed by atoms with Crippen LogP contribution < -0.4 is 4.74 Å². The van der Waals surface area contributed by atoms with Gasteiger partial charge in [-0.3, -0.25) is 9.59 Å². The van der Waals surface area contributed by atoms with Crippen LogP contribution in [0.5, 0.6) is 5.75 Å². The lowest BCUT2D eigenvalue weighted by molar-refractivity contribution is 0.0919. The van der Waals surface area contributed by atoms with Crippen LogP contribution in [0.3, 0.4) is 0 Å². The Balaban J connectivity index is 1.96. The zero-order chi connectivity index (χ0) is 13.7. The van der Waals surface area contributed by atoms with E-state index in [2.05, 4.69) is 0 Å². The van der Waals surface area contributed by atoms with Crippen molar-refractivity contribution in [1.82, 2.24) is 0 Å². The molecule has 0 aliphatic rings. The van der Waals surface area contributed by atoms with Gasteiger partial charge in [-0.2, -0.15) is 0 Å². The summed E-state index contributed by atoms with van der Waals surface area (Å²) in [4.78, 5) is 24.5. The SMILES string of the molecule is COc1cccc(C(=O)CCC(=O)c2cccs2)c1. The van der Waals surface area contributed by atoms with Crippen molar-refractivity contribution in [2.75, 3.05) is 7.11 Å². The molecule has 0 spiro atoms. The van der Waals surface area contributed by atoms with Crippen LogP contribution in [0.25, 0.3) is 0 Å². The van der Waals surface area contributed by atoms with Crippen LogP contribution in [-0.4, -0.2) is 18.7 Å². The van der Waals surface area contributed by atoms with E-state index in [0.29, 0.717) is 16.2 Å². The number of thiophene rings is 1. The molecule has 0 atom stereocenters. The van der Waals surface area contributed by atoms with Crippen LogP contribution >= 0.6 is 11.3 Å². The van der Waals surface area contributed by atoms with Gasteiger partial charge in [-0.15, -0.1) is 11.3 Å². The highest BCUT2D eigenvalue weighted by Crippen LogP contribution is 2.17. The number of benzene rings is 1. The number of hydrogen-bond donors (Lipinski definition) is 0. The largest absolute Gasteiger partial charge is 0.497 e. The monoisotopic (exact) mass is 274 g/mol. The average molecular weight is 274 g/mol. The fourth-order valence-electron chi connectivity index (χ4n) is 1.73. The van der Waals surface area contributed by atoms with Crippen LogP contribution in [0.4, 0.5) is 0 Å². The summed E-state index contributed by atoms with van der Waals surface area (Å²) in [6.45, 7) is 0. The summed E-state index contributed by atoms with van der Waals surface area (Å²) in [5, 5.41) is 1.86. The number of rotatable bonds is 6. The molecule has 0 aliphatic heterocycles. The Kier molecular flexibility index (Phi) is 4.47. The molecule has 19 heavy (non-hydrogen) atoms. The van der Waals surface area contributed by atoms with Gasteiger partial charge in [0.25, 0.3) is 0 Å². The van der Waals surface area contributed by atoms with E-state index in [-0.39, 0.29) is 24.4 Å². The molecule has 0 aliphatic carbocycles. The molecule has 0 saturated heterocycles. The second-order valence-corrected chi connectivity index (χ2v) is 5.00. The van der Waals surface area contributed by atoms with Crippen LogP contribution in [0, 0.1) is 0 Å². The molecular formula is C15H14O3S. The first kappa shape index (κ1) is 13.5. The molecule has 2 rings (SSSR count).